The molecule has 1 aliphatic rings. The van der Waals surface area contributed by atoms with Gasteiger partial charge in [0, 0.05) is 10.9 Å². The minimum absolute atomic E-state index is 0.102. The van der Waals surface area contributed by atoms with Crippen LogP contribution in [-0.2, 0) is 26.7 Å². The molecule has 0 aromatic heterocycles. The second kappa shape index (κ2) is 6.63. The van der Waals surface area contributed by atoms with Crippen molar-refractivity contribution in [2.75, 3.05) is 7.11 Å². The van der Waals surface area contributed by atoms with Gasteiger partial charge < -0.3 is 4.74 Å². The Bertz CT molecular complexity index is 1180. The molecule has 0 aliphatic heterocycles. The Labute approximate surface area is 164 Å². The van der Waals surface area contributed by atoms with Gasteiger partial charge in [0.15, 0.2) is 0 Å². The summed E-state index contributed by atoms with van der Waals surface area (Å²) in [5.41, 5.74) is 0.893. The van der Waals surface area contributed by atoms with E-state index in [1.165, 1.54) is 6.07 Å². The maximum absolute atomic E-state index is 13.2. The first-order chi connectivity index (χ1) is 13.4. The lowest BCUT2D eigenvalue weighted by atomic mass is 9.61. The van der Waals surface area contributed by atoms with Crippen molar-refractivity contribution in [1.82, 2.24) is 4.72 Å². The van der Waals surface area contributed by atoms with Gasteiger partial charge >= 0.3 is 0 Å². The lowest BCUT2D eigenvalue weighted by Gasteiger charge is -2.42. The molecule has 0 radical (unpaired) electrons. The fourth-order valence-corrected chi connectivity index (χ4v) is 5.39. The second-order valence-electron chi connectivity index (χ2n) is 7.02. The van der Waals surface area contributed by atoms with Gasteiger partial charge in [0.05, 0.1) is 17.4 Å². The molecule has 1 aliphatic carbocycles. The number of fused-ring (bicyclic) bond motifs is 2. The number of carbonyl (C=O) groups is 1. The Balaban J connectivity index is 1.73. The van der Waals surface area contributed by atoms with Gasteiger partial charge in [-0.25, -0.2) is 13.1 Å². The molecule has 0 spiro atoms. The monoisotopic (exact) mass is 395 g/mol. The number of hydrogen-bond acceptors (Lipinski definition) is 4. The summed E-state index contributed by atoms with van der Waals surface area (Å²) in [4.78, 5) is 13.3. The highest BCUT2D eigenvalue weighted by Crippen LogP contribution is 2.49. The molecule has 1 atom stereocenters. The zero-order valence-electron chi connectivity index (χ0n) is 15.7. The van der Waals surface area contributed by atoms with Crippen LogP contribution in [0, 0.1) is 0 Å². The summed E-state index contributed by atoms with van der Waals surface area (Å²) in [5.74, 6) is 0.100. The van der Waals surface area contributed by atoms with Crippen LogP contribution in [0.15, 0.2) is 65.6 Å². The van der Waals surface area contributed by atoms with E-state index in [1.54, 1.807) is 31.4 Å². The summed E-state index contributed by atoms with van der Waals surface area (Å²) in [5, 5.41) is 1.39. The summed E-state index contributed by atoms with van der Waals surface area (Å²) in [6.45, 7) is 1.89. The molecule has 1 amide bonds. The van der Waals surface area contributed by atoms with Gasteiger partial charge in [0.25, 0.3) is 10.0 Å². The van der Waals surface area contributed by atoms with Crippen LogP contribution in [0.25, 0.3) is 10.8 Å². The van der Waals surface area contributed by atoms with Crippen LogP contribution in [0.4, 0.5) is 0 Å². The molecular formula is C22H21NO4S. The van der Waals surface area contributed by atoms with E-state index >= 15 is 0 Å². The molecule has 6 heteroatoms. The molecule has 4 rings (SSSR count). The standard InChI is InChI=1S/C22H21NO4S/c1-3-22(14-16-10-6-12-18(27-2)20(16)22)21(24)23-28(25,26)19-13-7-9-15-8-4-5-11-17(15)19/h4-13H,3,14H2,1-2H3,(H,23,24). The predicted octanol–water partition coefficient (Wildman–Crippen LogP) is 3.56. The van der Waals surface area contributed by atoms with Crippen molar-refractivity contribution in [3.63, 3.8) is 0 Å². The molecule has 0 saturated carbocycles. The lowest BCUT2D eigenvalue weighted by molar-refractivity contribution is -0.126. The molecule has 5 nitrogen and oxygen atoms in total. The fraction of sp³-hybridized carbons (Fsp3) is 0.227. The highest BCUT2D eigenvalue weighted by molar-refractivity contribution is 7.90. The second-order valence-corrected chi connectivity index (χ2v) is 8.67. The topological polar surface area (TPSA) is 72.5 Å². The highest BCUT2D eigenvalue weighted by Gasteiger charge is 2.50. The molecule has 1 unspecified atom stereocenters. The van der Waals surface area contributed by atoms with Crippen molar-refractivity contribution in [1.29, 1.82) is 0 Å². The number of ether oxygens (including phenoxy) is 1. The Morgan fingerprint density at radius 2 is 1.79 bits per heavy atom. The van der Waals surface area contributed by atoms with Crippen molar-refractivity contribution >= 4 is 26.7 Å². The summed E-state index contributed by atoms with van der Waals surface area (Å²) < 4.78 is 33.9. The lowest BCUT2D eigenvalue weighted by Crippen LogP contribution is -2.53. The normalized spacial score (nSPS) is 18.2. The first-order valence-corrected chi connectivity index (χ1v) is 10.6. The number of methoxy groups -OCH3 is 1. The van der Waals surface area contributed by atoms with Gasteiger partial charge in [-0.05, 0) is 35.9 Å². The molecule has 0 heterocycles. The number of amides is 1. The molecule has 0 bridgehead atoms. The third kappa shape index (κ3) is 2.67. The van der Waals surface area contributed by atoms with Gasteiger partial charge in [-0.3, -0.25) is 4.79 Å². The number of benzene rings is 3. The SMILES string of the molecule is CCC1(C(=O)NS(=O)(=O)c2cccc3ccccc23)Cc2cccc(OC)c21. The Morgan fingerprint density at radius 3 is 2.54 bits per heavy atom. The Hall–Kier alpha value is -2.86. The van der Waals surface area contributed by atoms with Crippen LogP contribution < -0.4 is 9.46 Å². The van der Waals surface area contributed by atoms with Crippen molar-refractivity contribution in [2.24, 2.45) is 0 Å². The van der Waals surface area contributed by atoms with Crippen LogP contribution >= 0.6 is 0 Å². The summed E-state index contributed by atoms with van der Waals surface area (Å²) in [7, 11) is -2.46. The third-order valence-corrected chi connectivity index (χ3v) is 7.00. The average molecular weight is 395 g/mol. The van der Waals surface area contributed by atoms with E-state index in [9.17, 15) is 13.2 Å². The van der Waals surface area contributed by atoms with Crippen LogP contribution in [0.5, 0.6) is 5.75 Å². The smallest absolute Gasteiger partial charge is 0.264 e. The van der Waals surface area contributed by atoms with E-state index in [4.69, 9.17) is 4.74 Å². The van der Waals surface area contributed by atoms with Crippen molar-refractivity contribution < 1.29 is 17.9 Å². The van der Waals surface area contributed by atoms with E-state index in [-0.39, 0.29) is 4.90 Å². The number of rotatable bonds is 5. The summed E-state index contributed by atoms with van der Waals surface area (Å²) in [6.07, 6.45) is 0.976. The summed E-state index contributed by atoms with van der Waals surface area (Å²) >= 11 is 0. The van der Waals surface area contributed by atoms with E-state index in [1.807, 2.05) is 37.3 Å². The van der Waals surface area contributed by atoms with Crippen molar-refractivity contribution in [2.45, 2.75) is 30.1 Å². The molecule has 28 heavy (non-hydrogen) atoms. The zero-order valence-corrected chi connectivity index (χ0v) is 16.5. The Morgan fingerprint density at radius 1 is 1.07 bits per heavy atom. The van der Waals surface area contributed by atoms with Gasteiger partial charge in [0.1, 0.15) is 5.75 Å². The molecular weight excluding hydrogens is 374 g/mol. The van der Waals surface area contributed by atoms with Gasteiger partial charge in [-0.1, -0.05) is 55.5 Å². The minimum atomic E-state index is -4.02. The molecule has 0 saturated heterocycles. The molecule has 3 aromatic carbocycles. The average Bonchev–Trinajstić information content (AvgIpc) is 2.68. The molecule has 1 N–H and O–H groups in total. The maximum Gasteiger partial charge on any atom is 0.264 e. The van der Waals surface area contributed by atoms with Crippen LogP contribution in [0.1, 0.15) is 24.5 Å². The van der Waals surface area contributed by atoms with Gasteiger partial charge in [-0.2, -0.15) is 0 Å². The molecule has 144 valence electrons. The van der Waals surface area contributed by atoms with Crippen LogP contribution in [0.3, 0.4) is 0 Å². The Kier molecular flexibility index (Phi) is 4.38. The third-order valence-electron chi connectivity index (χ3n) is 5.61. The van der Waals surface area contributed by atoms with E-state index < -0.39 is 21.3 Å². The number of sulfonamides is 1. The predicted molar refractivity (Wildman–Crippen MR) is 108 cm³/mol. The first kappa shape index (κ1) is 18.5. The summed E-state index contributed by atoms with van der Waals surface area (Å²) in [6, 6.07) is 17.9. The van der Waals surface area contributed by atoms with E-state index in [0.29, 0.717) is 24.0 Å². The van der Waals surface area contributed by atoms with E-state index in [2.05, 4.69) is 4.72 Å². The number of hydrogen-bond donors (Lipinski definition) is 1. The van der Waals surface area contributed by atoms with Crippen LogP contribution in [-0.4, -0.2) is 21.4 Å². The zero-order chi connectivity index (χ0) is 19.9. The quantitative estimate of drug-likeness (QED) is 0.717. The fourth-order valence-electron chi connectivity index (χ4n) is 4.10. The van der Waals surface area contributed by atoms with Crippen LogP contribution in [0.2, 0.25) is 0 Å². The van der Waals surface area contributed by atoms with E-state index in [0.717, 1.165) is 16.5 Å². The van der Waals surface area contributed by atoms with Gasteiger partial charge in [0.2, 0.25) is 5.91 Å². The minimum Gasteiger partial charge on any atom is -0.496 e. The number of carbonyl (C=O) groups excluding carboxylic acids is 1. The van der Waals surface area contributed by atoms with Crippen molar-refractivity contribution in [3.05, 3.63) is 71.8 Å². The first-order valence-electron chi connectivity index (χ1n) is 9.14. The maximum atomic E-state index is 13.2. The molecule has 0 fully saturated rings. The van der Waals surface area contributed by atoms with Gasteiger partial charge in [-0.15, -0.1) is 0 Å². The van der Waals surface area contributed by atoms with Crippen molar-refractivity contribution in [3.8, 4) is 5.75 Å². The largest absolute Gasteiger partial charge is 0.496 e. The highest BCUT2D eigenvalue weighted by atomic mass is 32.2. The molecule has 3 aromatic rings. The number of nitrogens with one attached hydrogen (secondary N) is 1.